The molecule has 1 aromatic carbocycles. The number of nitrogens with zero attached hydrogens (tertiary/aromatic N) is 3. The van der Waals surface area contributed by atoms with Crippen LogP contribution in [0, 0.1) is 0 Å². The summed E-state index contributed by atoms with van der Waals surface area (Å²) in [6, 6.07) is 5.63. The van der Waals surface area contributed by atoms with Gasteiger partial charge in [-0.15, -0.1) is 0 Å². The normalized spacial score (nSPS) is 15.7. The second kappa shape index (κ2) is 5.12. The van der Waals surface area contributed by atoms with Crippen LogP contribution in [0.15, 0.2) is 24.4 Å². The maximum Gasteiger partial charge on any atom is 0.410 e. The average molecular weight is 301 g/mol. The van der Waals surface area contributed by atoms with E-state index >= 15 is 0 Å². The highest BCUT2D eigenvalue weighted by Crippen LogP contribution is 2.27. The van der Waals surface area contributed by atoms with E-state index in [1.807, 2.05) is 37.6 Å². The highest BCUT2D eigenvalue weighted by atomic mass is 16.6. The van der Waals surface area contributed by atoms with Crippen LogP contribution in [0.3, 0.4) is 0 Å². The molecule has 0 aliphatic carbocycles. The molecular formula is C16H19N3O3. The van der Waals surface area contributed by atoms with Crippen LogP contribution in [-0.2, 0) is 4.74 Å². The highest BCUT2D eigenvalue weighted by molar-refractivity contribution is 5.86. The number of aromatic nitrogens is 2. The van der Waals surface area contributed by atoms with Gasteiger partial charge in [0.2, 0.25) is 0 Å². The fourth-order valence-corrected chi connectivity index (χ4v) is 2.52. The number of aldehydes is 1. The first-order valence-electron chi connectivity index (χ1n) is 7.28. The summed E-state index contributed by atoms with van der Waals surface area (Å²) < 4.78 is 7.25. The van der Waals surface area contributed by atoms with Crippen LogP contribution in [0.2, 0.25) is 0 Å². The third-order valence-corrected chi connectivity index (χ3v) is 3.62. The summed E-state index contributed by atoms with van der Waals surface area (Å²) >= 11 is 0. The highest BCUT2D eigenvalue weighted by Gasteiger charge is 2.35. The molecule has 1 aliphatic rings. The summed E-state index contributed by atoms with van der Waals surface area (Å²) in [5.41, 5.74) is 1.13. The topological polar surface area (TPSA) is 64.4 Å². The number of carbonyl (C=O) groups excluding carboxylic acids is 2. The lowest BCUT2D eigenvalue weighted by Crippen LogP contribution is -2.52. The lowest BCUT2D eigenvalue weighted by molar-refractivity contribution is 0.000154. The Morgan fingerprint density at radius 2 is 2.09 bits per heavy atom. The Kier molecular flexibility index (Phi) is 3.39. The van der Waals surface area contributed by atoms with E-state index in [1.165, 1.54) is 0 Å². The molecule has 0 unspecified atom stereocenters. The van der Waals surface area contributed by atoms with Crippen LogP contribution >= 0.6 is 0 Å². The predicted octanol–water partition coefficient (Wildman–Crippen LogP) is 2.64. The smallest absolute Gasteiger partial charge is 0.410 e. The first kappa shape index (κ1) is 14.6. The number of rotatable bonds is 2. The molecule has 116 valence electrons. The van der Waals surface area contributed by atoms with E-state index in [4.69, 9.17) is 4.74 Å². The Morgan fingerprint density at radius 1 is 1.36 bits per heavy atom. The molecule has 2 heterocycles. The van der Waals surface area contributed by atoms with Gasteiger partial charge in [0, 0.05) is 24.0 Å². The van der Waals surface area contributed by atoms with E-state index in [9.17, 15) is 9.59 Å². The second-order valence-electron chi connectivity index (χ2n) is 6.56. The lowest BCUT2D eigenvalue weighted by Gasteiger charge is -2.39. The van der Waals surface area contributed by atoms with Crippen molar-refractivity contribution in [2.24, 2.45) is 0 Å². The van der Waals surface area contributed by atoms with Crippen molar-refractivity contribution in [1.29, 1.82) is 0 Å². The summed E-state index contributed by atoms with van der Waals surface area (Å²) in [4.78, 5) is 24.4. The Balaban J connectivity index is 1.70. The number of benzene rings is 1. The van der Waals surface area contributed by atoms with Gasteiger partial charge in [-0.25, -0.2) is 4.79 Å². The zero-order chi connectivity index (χ0) is 15.9. The zero-order valence-electron chi connectivity index (χ0n) is 12.9. The van der Waals surface area contributed by atoms with Gasteiger partial charge in [-0.3, -0.25) is 9.48 Å². The molecule has 6 nitrogen and oxygen atoms in total. The molecule has 0 radical (unpaired) electrons. The van der Waals surface area contributed by atoms with Crippen molar-refractivity contribution in [1.82, 2.24) is 14.7 Å². The maximum absolute atomic E-state index is 11.9. The van der Waals surface area contributed by atoms with Gasteiger partial charge in [-0.05, 0) is 39.0 Å². The van der Waals surface area contributed by atoms with E-state index in [-0.39, 0.29) is 12.1 Å². The SMILES string of the molecule is CC(C)(C)OC(=O)N1CC(n2ncc3cc(C=O)ccc32)C1. The molecule has 1 aromatic heterocycles. The summed E-state index contributed by atoms with van der Waals surface area (Å²) in [5.74, 6) is 0. The number of hydrogen-bond acceptors (Lipinski definition) is 4. The molecular weight excluding hydrogens is 282 g/mol. The van der Waals surface area contributed by atoms with Crippen molar-refractivity contribution in [2.45, 2.75) is 32.4 Å². The van der Waals surface area contributed by atoms with Crippen LogP contribution in [0.25, 0.3) is 10.9 Å². The van der Waals surface area contributed by atoms with Gasteiger partial charge < -0.3 is 9.64 Å². The summed E-state index contributed by atoms with van der Waals surface area (Å²) in [6.45, 7) is 6.73. The Labute approximate surface area is 128 Å². The van der Waals surface area contributed by atoms with E-state index < -0.39 is 5.60 Å². The fourth-order valence-electron chi connectivity index (χ4n) is 2.52. The molecule has 1 saturated heterocycles. The first-order valence-corrected chi connectivity index (χ1v) is 7.28. The van der Waals surface area contributed by atoms with Gasteiger partial charge >= 0.3 is 6.09 Å². The molecule has 0 spiro atoms. The molecule has 2 aromatic rings. The number of carbonyl (C=O) groups is 2. The van der Waals surface area contributed by atoms with Gasteiger partial charge in [-0.2, -0.15) is 5.10 Å². The van der Waals surface area contributed by atoms with Crippen molar-refractivity contribution in [3.05, 3.63) is 30.0 Å². The van der Waals surface area contributed by atoms with Crippen LogP contribution in [-0.4, -0.2) is 45.8 Å². The molecule has 0 atom stereocenters. The number of fused-ring (bicyclic) bond motifs is 1. The quantitative estimate of drug-likeness (QED) is 0.800. The molecule has 0 bridgehead atoms. The molecule has 0 N–H and O–H groups in total. The second-order valence-corrected chi connectivity index (χ2v) is 6.56. The molecule has 1 aliphatic heterocycles. The predicted molar refractivity (Wildman–Crippen MR) is 82.0 cm³/mol. The monoisotopic (exact) mass is 301 g/mol. The van der Waals surface area contributed by atoms with Crippen LogP contribution < -0.4 is 0 Å². The third kappa shape index (κ3) is 2.68. The van der Waals surface area contributed by atoms with Gasteiger partial charge in [-0.1, -0.05) is 0 Å². The van der Waals surface area contributed by atoms with Gasteiger partial charge in [0.1, 0.15) is 11.9 Å². The number of ether oxygens (including phenoxy) is 1. The number of likely N-dealkylation sites (tertiary alicyclic amines) is 1. The van der Waals surface area contributed by atoms with E-state index in [2.05, 4.69) is 5.10 Å². The van der Waals surface area contributed by atoms with Gasteiger partial charge in [0.25, 0.3) is 0 Å². The van der Waals surface area contributed by atoms with Crippen molar-refractivity contribution in [3.63, 3.8) is 0 Å². The lowest BCUT2D eigenvalue weighted by atomic mass is 10.1. The third-order valence-electron chi connectivity index (χ3n) is 3.62. The van der Waals surface area contributed by atoms with Crippen molar-refractivity contribution in [2.75, 3.05) is 13.1 Å². The number of amides is 1. The van der Waals surface area contributed by atoms with Gasteiger partial charge in [0.05, 0.1) is 17.8 Å². The average Bonchev–Trinajstić information content (AvgIpc) is 2.78. The largest absolute Gasteiger partial charge is 0.444 e. The minimum Gasteiger partial charge on any atom is -0.444 e. The van der Waals surface area contributed by atoms with E-state index in [0.29, 0.717) is 18.7 Å². The molecule has 1 amide bonds. The summed E-state index contributed by atoms with van der Waals surface area (Å²) in [5, 5.41) is 5.31. The standard InChI is InChI=1S/C16H19N3O3/c1-16(2,3)22-15(21)18-8-13(9-18)19-14-5-4-11(10-20)6-12(14)7-17-19/h4-7,10,13H,8-9H2,1-3H3. The Morgan fingerprint density at radius 3 is 2.73 bits per heavy atom. The zero-order valence-corrected chi connectivity index (χ0v) is 12.9. The molecule has 1 fully saturated rings. The van der Waals surface area contributed by atoms with Crippen molar-refractivity contribution < 1.29 is 14.3 Å². The molecule has 6 heteroatoms. The van der Waals surface area contributed by atoms with Crippen molar-refractivity contribution >= 4 is 23.3 Å². The minimum absolute atomic E-state index is 0.145. The minimum atomic E-state index is -0.480. The van der Waals surface area contributed by atoms with Crippen LogP contribution in [0.5, 0.6) is 0 Å². The first-order chi connectivity index (χ1) is 10.4. The molecule has 0 saturated carbocycles. The Bertz CT molecular complexity index is 724. The van der Waals surface area contributed by atoms with E-state index in [1.54, 1.807) is 17.2 Å². The van der Waals surface area contributed by atoms with E-state index in [0.717, 1.165) is 17.2 Å². The van der Waals surface area contributed by atoms with Crippen molar-refractivity contribution in [3.8, 4) is 0 Å². The summed E-state index contributed by atoms with van der Waals surface area (Å²) in [6.07, 6.45) is 2.28. The van der Waals surface area contributed by atoms with Crippen LogP contribution in [0.1, 0.15) is 37.2 Å². The Hall–Kier alpha value is -2.37. The summed E-state index contributed by atoms with van der Waals surface area (Å²) in [7, 11) is 0. The fraction of sp³-hybridized carbons (Fsp3) is 0.438. The maximum atomic E-state index is 11.9. The molecule has 22 heavy (non-hydrogen) atoms. The number of hydrogen-bond donors (Lipinski definition) is 0. The van der Waals surface area contributed by atoms with Crippen LogP contribution in [0.4, 0.5) is 4.79 Å². The van der Waals surface area contributed by atoms with Gasteiger partial charge in [0.15, 0.2) is 0 Å². The molecule has 3 rings (SSSR count).